The third-order valence-corrected chi connectivity index (χ3v) is 6.11. The van der Waals surface area contributed by atoms with E-state index in [9.17, 15) is 4.79 Å². The fraction of sp³-hybridized carbons (Fsp3) is 0.273. The molecule has 0 radical (unpaired) electrons. The van der Waals surface area contributed by atoms with Crippen LogP contribution in [0.3, 0.4) is 0 Å². The molecule has 0 bridgehead atoms. The molecule has 3 rings (SSSR count). The standard InChI is InChI=1S/C22H26BrN7OS/c1-4-30(5-2)17-9-7-16(8-10-17)13-24-27-21-26-22(29-28-21)32-14-20(31)25-19-11-6-15(3)12-18(19)23/h6-13H,4-5,14H2,1-3H3,(H,25,31)(H2,26,27,28,29)/b24-13-. The summed E-state index contributed by atoms with van der Waals surface area (Å²) in [7, 11) is 0. The van der Waals surface area contributed by atoms with Crippen molar-refractivity contribution in [2.45, 2.75) is 25.9 Å². The molecule has 32 heavy (non-hydrogen) atoms. The van der Waals surface area contributed by atoms with Gasteiger partial charge in [-0.15, -0.1) is 5.10 Å². The van der Waals surface area contributed by atoms with Crippen LogP contribution in [0, 0.1) is 6.92 Å². The second-order valence-corrected chi connectivity index (χ2v) is 8.72. The van der Waals surface area contributed by atoms with E-state index in [1.165, 1.54) is 17.4 Å². The number of hydrogen-bond acceptors (Lipinski definition) is 7. The lowest BCUT2D eigenvalue weighted by Crippen LogP contribution is -2.21. The minimum Gasteiger partial charge on any atom is -0.372 e. The van der Waals surface area contributed by atoms with E-state index in [2.05, 4.69) is 77.8 Å². The Kier molecular flexibility index (Phi) is 8.69. The third kappa shape index (κ3) is 6.83. The Balaban J connectivity index is 1.46. The number of benzene rings is 2. The molecular formula is C22H26BrN7OS. The van der Waals surface area contributed by atoms with E-state index >= 15 is 0 Å². The zero-order chi connectivity index (χ0) is 22.9. The van der Waals surface area contributed by atoms with Crippen LogP contribution in [0.5, 0.6) is 0 Å². The molecule has 1 amide bonds. The molecule has 0 aliphatic heterocycles. The van der Waals surface area contributed by atoms with E-state index in [1.54, 1.807) is 6.21 Å². The monoisotopic (exact) mass is 515 g/mol. The second-order valence-electron chi connectivity index (χ2n) is 6.92. The summed E-state index contributed by atoms with van der Waals surface area (Å²) in [6.07, 6.45) is 1.72. The van der Waals surface area contributed by atoms with Crippen LogP contribution in [0.15, 0.2) is 57.2 Å². The predicted molar refractivity (Wildman–Crippen MR) is 136 cm³/mol. The summed E-state index contributed by atoms with van der Waals surface area (Å²) in [6.45, 7) is 8.23. The lowest BCUT2D eigenvalue weighted by Gasteiger charge is -2.20. The third-order valence-electron chi connectivity index (χ3n) is 4.60. The van der Waals surface area contributed by atoms with E-state index in [4.69, 9.17) is 0 Å². The van der Waals surface area contributed by atoms with Crippen molar-refractivity contribution in [1.82, 2.24) is 15.2 Å². The number of hydrogen-bond donors (Lipinski definition) is 3. The summed E-state index contributed by atoms with van der Waals surface area (Å²) in [5, 5.41) is 14.4. The summed E-state index contributed by atoms with van der Waals surface area (Å²) >= 11 is 4.70. The molecule has 168 valence electrons. The van der Waals surface area contributed by atoms with Gasteiger partial charge in [-0.3, -0.25) is 4.79 Å². The van der Waals surface area contributed by atoms with Gasteiger partial charge in [0.1, 0.15) is 0 Å². The number of nitrogens with zero attached hydrogens (tertiary/aromatic N) is 4. The van der Waals surface area contributed by atoms with Gasteiger partial charge in [-0.05, 0) is 72.1 Å². The highest BCUT2D eigenvalue weighted by Crippen LogP contribution is 2.24. The Bertz CT molecular complexity index is 1060. The first-order valence-corrected chi connectivity index (χ1v) is 12.0. The van der Waals surface area contributed by atoms with Crippen LogP contribution in [0.1, 0.15) is 25.0 Å². The van der Waals surface area contributed by atoms with Gasteiger partial charge < -0.3 is 10.2 Å². The van der Waals surface area contributed by atoms with Crippen molar-refractivity contribution >= 4 is 57.1 Å². The van der Waals surface area contributed by atoms with Gasteiger partial charge in [0.15, 0.2) is 0 Å². The molecule has 3 N–H and O–H groups in total. The van der Waals surface area contributed by atoms with Crippen molar-refractivity contribution in [3.63, 3.8) is 0 Å². The van der Waals surface area contributed by atoms with Crippen molar-refractivity contribution in [3.05, 3.63) is 58.1 Å². The van der Waals surface area contributed by atoms with Gasteiger partial charge >= 0.3 is 0 Å². The van der Waals surface area contributed by atoms with Gasteiger partial charge in [-0.1, -0.05) is 30.0 Å². The Hall–Kier alpha value is -2.85. The van der Waals surface area contributed by atoms with Gasteiger partial charge in [-0.25, -0.2) is 10.5 Å². The van der Waals surface area contributed by atoms with Crippen molar-refractivity contribution in [2.24, 2.45) is 5.10 Å². The van der Waals surface area contributed by atoms with Gasteiger partial charge in [0, 0.05) is 23.2 Å². The van der Waals surface area contributed by atoms with Gasteiger partial charge in [0.25, 0.3) is 0 Å². The summed E-state index contributed by atoms with van der Waals surface area (Å²) in [5.41, 5.74) is 6.84. The maximum absolute atomic E-state index is 12.2. The zero-order valence-electron chi connectivity index (χ0n) is 18.2. The number of carbonyl (C=O) groups is 1. The zero-order valence-corrected chi connectivity index (χ0v) is 20.6. The van der Waals surface area contributed by atoms with E-state index in [0.29, 0.717) is 11.1 Å². The Labute approximate surface area is 200 Å². The lowest BCUT2D eigenvalue weighted by molar-refractivity contribution is -0.113. The van der Waals surface area contributed by atoms with Crippen LogP contribution in [0.2, 0.25) is 0 Å². The minimum atomic E-state index is -0.134. The summed E-state index contributed by atoms with van der Waals surface area (Å²) in [6, 6.07) is 14.0. The second kappa shape index (κ2) is 11.7. The first kappa shape index (κ1) is 23.8. The van der Waals surface area contributed by atoms with E-state index in [1.807, 2.05) is 37.3 Å². The molecule has 0 saturated heterocycles. The van der Waals surface area contributed by atoms with Gasteiger partial charge in [0.2, 0.25) is 17.0 Å². The van der Waals surface area contributed by atoms with Gasteiger partial charge in [0.05, 0.1) is 17.7 Å². The molecule has 2 aromatic carbocycles. The minimum absolute atomic E-state index is 0.134. The number of anilines is 3. The van der Waals surface area contributed by atoms with Crippen molar-refractivity contribution < 1.29 is 4.79 Å². The Morgan fingerprint density at radius 2 is 1.97 bits per heavy atom. The summed E-state index contributed by atoms with van der Waals surface area (Å²) < 4.78 is 0.848. The number of aryl methyl sites for hydroxylation is 1. The predicted octanol–water partition coefficient (Wildman–Crippen LogP) is 4.90. The number of amides is 1. The highest BCUT2D eigenvalue weighted by Gasteiger charge is 2.09. The molecule has 0 aliphatic carbocycles. The maximum Gasteiger partial charge on any atom is 0.240 e. The number of rotatable bonds is 10. The average Bonchev–Trinajstić information content (AvgIpc) is 3.24. The van der Waals surface area contributed by atoms with Crippen LogP contribution in [-0.2, 0) is 4.79 Å². The van der Waals surface area contributed by atoms with E-state index in [0.717, 1.165) is 34.4 Å². The van der Waals surface area contributed by atoms with Crippen molar-refractivity contribution in [1.29, 1.82) is 0 Å². The highest BCUT2D eigenvalue weighted by atomic mass is 79.9. The molecule has 0 aliphatic rings. The molecule has 10 heteroatoms. The number of thioether (sulfide) groups is 1. The van der Waals surface area contributed by atoms with E-state index in [-0.39, 0.29) is 11.7 Å². The highest BCUT2D eigenvalue weighted by molar-refractivity contribution is 9.10. The smallest absolute Gasteiger partial charge is 0.240 e. The average molecular weight is 516 g/mol. The molecule has 0 atom stereocenters. The van der Waals surface area contributed by atoms with Crippen LogP contribution in [-0.4, -0.2) is 46.1 Å². The fourth-order valence-electron chi connectivity index (χ4n) is 2.93. The van der Waals surface area contributed by atoms with E-state index < -0.39 is 0 Å². The molecule has 0 fully saturated rings. The maximum atomic E-state index is 12.2. The van der Waals surface area contributed by atoms with Crippen molar-refractivity contribution in [2.75, 3.05) is 34.5 Å². The largest absolute Gasteiger partial charge is 0.372 e. The number of aromatic nitrogens is 3. The molecule has 0 unspecified atom stereocenters. The number of halogens is 1. The Morgan fingerprint density at radius 3 is 2.66 bits per heavy atom. The van der Waals surface area contributed by atoms with Crippen LogP contribution < -0.4 is 15.6 Å². The lowest BCUT2D eigenvalue weighted by atomic mass is 10.2. The van der Waals surface area contributed by atoms with Crippen molar-refractivity contribution in [3.8, 4) is 0 Å². The number of hydrazone groups is 1. The molecule has 0 spiro atoms. The first-order valence-electron chi connectivity index (χ1n) is 10.2. The van der Waals surface area contributed by atoms with Crippen LogP contribution in [0.4, 0.5) is 17.3 Å². The number of H-pyrrole nitrogens is 1. The van der Waals surface area contributed by atoms with Crippen LogP contribution in [0.25, 0.3) is 0 Å². The normalized spacial score (nSPS) is 11.0. The summed E-state index contributed by atoms with van der Waals surface area (Å²) in [5.74, 6) is 0.468. The number of carbonyl (C=O) groups excluding carboxylic acids is 1. The topological polar surface area (TPSA) is 98.3 Å². The number of aromatic amines is 1. The molecule has 1 aromatic heterocycles. The molecule has 8 nitrogen and oxygen atoms in total. The van der Waals surface area contributed by atoms with Crippen LogP contribution >= 0.6 is 27.7 Å². The molecule has 3 aromatic rings. The van der Waals surface area contributed by atoms with Gasteiger partial charge in [-0.2, -0.15) is 10.1 Å². The first-order chi connectivity index (χ1) is 15.5. The number of nitrogens with one attached hydrogen (secondary N) is 3. The SMILES string of the molecule is CCN(CC)c1ccc(/C=N\Nc2nc(SCC(=O)Nc3ccc(C)cc3Br)n[nH]2)cc1. The fourth-order valence-corrected chi connectivity index (χ4v) is 4.12. The molecule has 1 heterocycles. The molecular weight excluding hydrogens is 490 g/mol. The quantitative estimate of drug-likeness (QED) is 0.202. The summed E-state index contributed by atoms with van der Waals surface area (Å²) in [4.78, 5) is 18.8. The molecule has 0 saturated carbocycles. The Morgan fingerprint density at radius 1 is 1.22 bits per heavy atom.